The number of nitrogens with two attached hydrogens (primary N) is 1. The van der Waals surface area contributed by atoms with Crippen molar-refractivity contribution in [2.24, 2.45) is 10.7 Å². The SMILES string of the molecule is CN=C1C(=C(C)C)C(=O)N(CCCN)c2cc(F)ccc21. The van der Waals surface area contributed by atoms with E-state index in [1.54, 1.807) is 18.0 Å². The van der Waals surface area contributed by atoms with Gasteiger partial charge in [-0.25, -0.2) is 4.39 Å². The molecule has 0 aromatic heterocycles. The van der Waals surface area contributed by atoms with Crippen molar-refractivity contribution >= 4 is 17.3 Å². The minimum absolute atomic E-state index is 0.137. The van der Waals surface area contributed by atoms with Crippen LogP contribution in [0.5, 0.6) is 0 Å². The van der Waals surface area contributed by atoms with Gasteiger partial charge in [0.05, 0.1) is 17.0 Å². The van der Waals surface area contributed by atoms with E-state index in [-0.39, 0.29) is 11.7 Å². The number of nitrogens with zero attached hydrogens (tertiary/aromatic N) is 2. The molecule has 0 saturated heterocycles. The van der Waals surface area contributed by atoms with E-state index in [2.05, 4.69) is 4.99 Å². The Hall–Kier alpha value is -2.01. The summed E-state index contributed by atoms with van der Waals surface area (Å²) in [6, 6.07) is 4.46. The third-order valence-electron chi connectivity index (χ3n) is 3.51. The first-order valence-electron chi connectivity index (χ1n) is 6.97. The van der Waals surface area contributed by atoms with Gasteiger partial charge < -0.3 is 10.6 Å². The van der Waals surface area contributed by atoms with Gasteiger partial charge in [-0.1, -0.05) is 5.57 Å². The van der Waals surface area contributed by atoms with Crippen LogP contribution in [0.2, 0.25) is 0 Å². The van der Waals surface area contributed by atoms with Crippen molar-refractivity contribution in [1.82, 2.24) is 0 Å². The number of rotatable bonds is 3. The highest BCUT2D eigenvalue weighted by Gasteiger charge is 2.33. The van der Waals surface area contributed by atoms with E-state index >= 15 is 0 Å². The van der Waals surface area contributed by atoms with Crippen molar-refractivity contribution < 1.29 is 9.18 Å². The van der Waals surface area contributed by atoms with E-state index in [0.29, 0.717) is 36.5 Å². The molecule has 1 aromatic carbocycles. The largest absolute Gasteiger partial charge is 0.330 e. The highest BCUT2D eigenvalue weighted by Crippen LogP contribution is 2.33. The number of aliphatic imine (C=N–C) groups is 1. The van der Waals surface area contributed by atoms with Crippen LogP contribution in [0.25, 0.3) is 0 Å². The van der Waals surface area contributed by atoms with Gasteiger partial charge in [-0.2, -0.15) is 0 Å². The maximum Gasteiger partial charge on any atom is 0.260 e. The smallest absolute Gasteiger partial charge is 0.260 e. The first kappa shape index (κ1) is 15.4. The van der Waals surface area contributed by atoms with Gasteiger partial charge in [0.2, 0.25) is 0 Å². The molecule has 5 heteroatoms. The first-order chi connectivity index (χ1) is 10.0. The van der Waals surface area contributed by atoms with Gasteiger partial charge in [0.25, 0.3) is 5.91 Å². The van der Waals surface area contributed by atoms with Crippen molar-refractivity contribution in [3.05, 3.63) is 40.7 Å². The highest BCUT2D eigenvalue weighted by molar-refractivity contribution is 6.36. The molecule has 1 aliphatic rings. The number of carbonyl (C=O) groups is 1. The Balaban J connectivity index is 2.66. The van der Waals surface area contributed by atoms with Crippen LogP contribution in [-0.4, -0.2) is 31.8 Å². The second kappa shape index (κ2) is 6.18. The number of benzene rings is 1. The Bertz CT molecular complexity index is 630. The fourth-order valence-corrected chi connectivity index (χ4v) is 2.56. The molecule has 0 radical (unpaired) electrons. The molecular formula is C16H20FN3O. The van der Waals surface area contributed by atoms with Crippen molar-refractivity contribution in [3.63, 3.8) is 0 Å². The van der Waals surface area contributed by atoms with Crippen LogP contribution in [0.15, 0.2) is 34.3 Å². The topological polar surface area (TPSA) is 58.7 Å². The van der Waals surface area contributed by atoms with Gasteiger partial charge in [0, 0.05) is 19.2 Å². The molecule has 21 heavy (non-hydrogen) atoms. The van der Waals surface area contributed by atoms with Crippen LogP contribution >= 0.6 is 0 Å². The van der Waals surface area contributed by atoms with Gasteiger partial charge >= 0.3 is 0 Å². The number of amides is 1. The van der Waals surface area contributed by atoms with Crippen LogP contribution in [-0.2, 0) is 4.79 Å². The summed E-state index contributed by atoms with van der Waals surface area (Å²) in [6.45, 7) is 4.72. The number of allylic oxidation sites excluding steroid dienone is 1. The summed E-state index contributed by atoms with van der Waals surface area (Å²) in [5, 5.41) is 0. The molecule has 1 aromatic rings. The number of carbonyl (C=O) groups excluding carboxylic acids is 1. The van der Waals surface area contributed by atoms with E-state index in [9.17, 15) is 9.18 Å². The van der Waals surface area contributed by atoms with E-state index in [1.807, 2.05) is 13.8 Å². The minimum atomic E-state index is -0.365. The Morgan fingerprint density at radius 2 is 2.10 bits per heavy atom. The molecule has 0 aliphatic carbocycles. The highest BCUT2D eigenvalue weighted by atomic mass is 19.1. The summed E-state index contributed by atoms with van der Waals surface area (Å²) in [4.78, 5) is 18.6. The fourth-order valence-electron chi connectivity index (χ4n) is 2.56. The van der Waals surface area contributed by atoms with E-state index < -0.39 is 0 Å². The zero-order valence-corrected chi connectivity index (χ0v) is 12.6. The average molecular weight is 289 g/mol. The van der Waals surface area contributed by atoms with Gasteiger partial charge in [0.15, 0.2) is 0 Å². The lowest BCUT2D eigenvalue weighted by Gasteiger charge is -2.32. The predicted octanol–water partition coefficient (Wildman–Crippen LogP) is 2.28. The summed E-state index contributed by atoms with van der Waals surface area (Å²) in [5.41, 5.74) is 9.01. The van der Waals surface area contributed by atoms with Crippen LogP contribution < -0.4 is 10.6 Å². The second-order valence-corrected chi connectivity index (χ2v) is 5.21. The Labute approximate surface area is 124 Å². The van der Waals surface area contributed by atoms with E-state index in [4.69, 9.17) is 5.73 Å². The first-order valence-corrected chi connectivity index (χ1v) is 6.97. The lowest BCUT2D eigenvalue weighted by Crippen LogP contribution is -2.41. The van der Waals surface area contributed by atoms with Crippen LogP contribution in [0.1, 0.15) is 25.8 Å². The number of halogens is 1. The summed E-state index contributed by atoms with van der Waals surface area (Å²) < 4.78 is 13.6. The summed E-state index contributed by atoms with van der Waals surface area (Å²) >= 11 is 0. The Kier molecular flexibility index (Phi) is 4.53. The zero-order chi connectivity index (χ0) is 15.6. The zero-order valence-electron chi connectivity index (χ0n) is 12.6. The molecule has 2 rings (SSSR count). The maximum atomic E-state index is 13.6. The summed E-state index contributed by atoms with van der Waals surface area (Å²) in [5.74, 6) is -0.502. The predicted molar refractivity (Wildman–Crippen MR) is 83.3 cm³/mol. The molecule has 0 atom stereocenters. The fraction of sp³-hybridized carbons (Fsp3) is 0.375. The molecule has 0 bridgehead atoms. The molecule has 112 valence electrons. The van der Waals surface area contributed by atoms with Crippen LogP contribution in [0.4, 0.5) is 10.1 Å². The van der Waals surface area contributed by atoms with Gasteiger partial charge in [-0.05, 0) is 45.0 Å². The van der Waals surface area contributed by atoms with Crippen molar-refractivity contribution in [3.8, 4) is 0 Å². The normalized spacial score (nSPS) is 16.4. The van der Waals surface area contributed by atoms with Crippen molar-refractivity contribution in [2.75, 3.05) is 25.0 Å². The van der Waals surface area contributed by atoms with Crippen LogP contribution in [0.3, 0.4) is 0 Å². The van der Waals surface area contributed by atoms with E-state index in [1.165, 1.54) is 12.1 Å². The second-order valence-electron chi connectivity index (χ2n) is 5.21. The monoisotopic (exact) mass is 289 g/mol. The molecule has 0 spiro atoms. The van der Waals surface area contributed by atoms with E-state index in [0.717, 1.165) is 11.1 Å². The molecule has 1 amide bonds. The summed E-state index contributed by atoms with van der Waals surface area (Å²) in [7, 11) is 1.65. The lowest BCUT2D eigenvalue weighted by molar-refractivity contribution is -0.114. The molecular weight excluding hydrogens is 269 g/mol. The molecule has 1 aliphatic heterocycles. The number of hydrogen-bond donors (Lipinski definition) is 1. The minimum Gasteiger partial charge on any atom is -0.330 e. The third-order valence-corrected chi connectivity index (χ3v) is 3.51. The molecule has 0 unspecified atom stereocenters. The number of hydrogen-bond acceptors (Lipinski definition) is 3. The van der Waals surface area contributed by atoms with Gasteiger partial charge in [-0.15, -0.1) is 0 Å². The molecule has 0 saturated carbocycles. The van der Waals surface area contributed by atoms with Crippen molar-refractivity contribution in [1.29, 1.82) is 0 Å². The molecule has 0 fully saturated rings. The molecule has 4 nitrogen and oxygen atoms in total. The maximum absolute atomic E-state index is 13.6. The quantitative estimate of drug-likeness (QED) is 0.868. The standard InChI is InChI=1S/C16H20FN3O/c1-10(2)14-15(19-3)12-6-5-11(17)9-13(12)20(16(14)21)8-4-7-18/h5-6,9H,4,7-8,18H2,1-3H3. The lowest BCUT2D eigenvalue weighted by atomic mass is 9.91. The summed E-state index contributed by atoms with van der Waals surface area (Å²) in [6.07, 6.45) is 0.663. The third kappa shape index (κ3) is 2.74. The van der Waals surface area contributed by atoms with Gasteiger partial charge in [-0.3, -0.25) is 9.79 Å². The number of anilines is 1. The Morgan fingerprint density at radius 1 is 1.38 bits per heavy atom. The molecule has 2 N–H and O–H groups in total. The number of fused-ring (bicyclic) bond motifs is 1. The Morgan fingerprint density at radius 3 is 2.67 bits per heavy atom. The molecule has 1 heterocycles. The van der Waals surface area contributed by atoms with Gasteiger partial charge in [0.1, 0.15) is 5.82 Å². The van der Waals surface area contributed by atoms with Crippen LogP contribution in [0, 0.1) is 5.82 Å². The van der Waals surface area contributed by atoms with Crippen molar-refractivity contribution in [2.45, 2.75) is 20.3 Å². The average Bonchev–Trinajstić information content (AvgIpc) is 2.44.